The van der Waals surface area contributed by atoms with E-state index in [4.69, 9.17) is 4.52 Å². The lowest BCUT2D eigenvalue weighted by atomic mass is 10.1. The van der Waals surface area contributed by atoms with Gasteiger partial charge in [0.15, 0.2) is 11.5 Å². The predicted octanol–water partition coefficient (Wildman–Crippen LogP) is 1.29. The second kappa shape index (κ2) is 7.59. The van der Waals surface area contributed by atoms with E-state index in [1.54, 1.807) is 24.4 Å². The summed E-state index contributed by atoms with van der Waals surface area (Å²) >= 11 is 0. The van der Waals surface area contributed by atoms with Crippen LogP contribution in [0.2, 0.25) is 0 Å². The van der Waals surface area contributed by atoms with Crippen molar-refractivity contribution in [3.05, 3.63) is 76.8 Å². The van der Waals surface area contributed by atoms with Crippen LogP contribution in [0.25, 0.3) is 11.3 Å². The molecule has 0 aliphatic rings. The highest BCUT2D eigenvalue weighted by Crippen LogP contribution is 2.19. The molecule has 0 fully saturated rings. The van der Waals surface area contributed by atoms with Gasteiger partial charge in [-0.25, -0.2) is 0 Å². The number of nitrogens with zero attached hydrogens (tertiary/aromatic N) is 2. The Balaban J connectivity index is 1.57. The van der Waals surface area contributed by atoms with Gasteiger partial charge in [0.25, 0.3) is 11.5 Å². The van der Waals surface area contributed by atoms with Crippen LogP contribution >= 0.6 is 0 Å². The Bertz CT molecular complexity index is 902. The van der Waals surface area contributed by atoms with Crippen LogP contribution in [0.3, 0.4) is 0 Å². The third-order valence-electron chi connectivity index (χ3n) is 3.61. The number of carbonyl (C=O) groups is 1. The Morgan fingerprint density at radius 1 is 1.20 bits per heavy atom. The van der Waals surface area contributed by atoms with Gasteiger partial charge in [0.2, 0.25) is 0 Å². The lowest BCUT2D eigenvalue weighted by molar-refractivity contribution is 0.0894. The molecule has 1 atom stereocenters. The lowest BCUT2D eigenvalue weighted by Gasteiger charge is -2.12. The molecule has 0 bridgehead atoms. The van der Waals surface area contributed by atoms with Crippen molar-refractivity contribution in [2.24, 2.45) is 0 Å². The van der Waals surface area contributed by atoms with Crippen molar-refractivity contribution in [1.82, 2.24) is 15.0 Å². The van der Waals surface area contributed by atoms with Crippen LogP contribution in [-0.4, -0.2) is 33.4 Å². The number of rotatable bonds is 6. The molecule has 1 amide bonds. The largest absolute Gasteiger partial charge is 0.389 e. The summed E-state index contributed by atoms with van der Waals surface area (Å²) in [4.78, 5) is 23.7. The molecule has 2 N–H and O–H groups in total. The van der Waals surface area contributed by atoms with Gasteiger partial charge in [-0.1, -0.05) is 41.6 Å². The molecule has 0 radical (unpaired) electrons. The van der Waals surface area contributed by atoms with E-state index in [9.17, 15) is 14.7 Å². The number of pyridine rings is 1. The van der Waals surface area contributed by atoms with Crippen molar-refractivity contribution in [2.75, 3.05) is 6.54 Å². The molecule has 0 aliphatic heterocycles. The van der Waals surface area contributed by atoms with Crippen LogP contribution in [0.1, 0.15) is 10.5 Å². The highest BCUT2D eigenvalue weighted by Gasteiger charge is 2.15. The molecule has 128 valence electrons. The standard InChI is InChI=1S/C18H17N3O4/c22-14(12-21-9-5-4-8-17(21)23)11-19-18(24)15-10-16(25-20-15)13-6-2-1-3-7-13/h1-10,14,22H,11-12H2,(H,19,24). The summed E-state index contributed by atoms with van der Waals surface area (Å²) in [5.41, 5.74) is 0.734. The van der Waals surface area contributed by atoms with Gasteiger partial charge >= 0.3 is 0 Å². The predicted molar refractivity (Wildman–Crippen MR) is 91.0 cm³/mol. The van der Waals surface area contributed by atoms with E-state index in [1.165, 1.54) is 10.6 Å². The number of nitrogens with one attached hydrogen (secondary N) is 1. The van der Waals surface area contributed by atoms with Gasteiger partial charge in [0.05, 0.1) is 12.6 Å². The van der Waals surface area contributed by atoms with Gasteiger partial charge in [-0.3, -0.25) is 9.59 Å². The van der Waals surface area contributed by atoms with Crippen molar-refractivity contribution in [3.8, 4) is 11.3 Å². The molecule has 0 spiro atoms. The van der Waals surface area contributed by atoms with E-state index < -0.39 is 12.0 Å². The summed E-state index contributed by atoms with van der Waals surface area (Å²) in [6.45, 7) is 0.0851. The van der Waals surface area contributed by atoms with Crippen LogP contribution < -0.4 is 10.9 Å². The van der Waals surface area contributed by atoms with Gasteiger partial charge < -0.3 is 19.5 Å². The van der Waals surface area contributed by atoms with Gasteiger partial charge in [-0.15, -0.1) is 0 Å². The maximum absolute atomic E-state index is 12.1. The number of hydrogen-bond acceptors (Lipinski definition) is 5. The van der Waals surface area contributed by atoms with E-state index in [0.717, 1.165) is 5.56 Å². The van der Waals surface area contributed by atoms with Crippen molar-refractivity contribution in [1.29, 1.82) is 0 Å². The fourth-order valence-corrected chi connectivity index (χ4v) is 2.32. The molecule has 0 saturated heterocycles. The minimum Gasteiger partial charge on any atom is -0.389 e. The number of aliphatic hydroxyl groups is 1. The molecule has 0 saturated carbocycles. The van der Waals surface area contributed by atoms with E-state index >= 15 is 0 Å². The first-order valence-electron chi connectivity index (χ1n) is 7.77. The number of benzene rings is 1. The Morgan fingerprint density at radius 2 is 1.96 bits per heavy atom. The first-order chi connectivity index (χ1) is 12.1. The number of amides is 1. The summed E-state index contributed by atoms with van der Waals surface area (Å²) in [6.07, 6.45) is 0.682. The van der Waals surface area contributed by atoms with Crippen molar-refractivity contribution < 1.29 is 14.4 Å². The molecule has 1 aromatic carbocycles. The normalized spacial score (nSPS) is 11.9. The van der Waals surface area contributed by atoms with Gasteiger partial charge in [0.1, 0.15) is 0 Å². The van der Waals surface area contributed by atoms with Gasteiger partial charge in [-0.05, 0) is 6.07 Å². The second-order valence-electron chi connectivity index (χ2n) is 5.50. The van der Waals surface area contributed by atoms with Gasteiger partial charge in [0, 0.05) is 30.4 Å². The van der Waals surface area contributed by atoms with Gasteiger partial charge in [-0.2, -0.15) is 0 Å². The van der Waals surface area contributed by atoms with Crippen LogP contribution in [0.5, 0.6) is 0 Å². The molecular formula is C18H17N3O4. The molecular weight excluding hydrogens is 322 g/mol. The SMILES string of the molecule is O=C(NCC(O)Cn1ccccc1=O)c1cc(-c2ccccc2)on1. The molecule has 3 aromatic rings. The number of aliphatic hydroxyl groups excluding tert-OH is 1. The van der Waals surface area contributed by atoms with Crippen LogP contribution in [-0.2, 0) is 6.54 Å². The van der Waals surface area contributed by atoms with Crippen LogP contribution in [0, 0.1) is 0 Å². The molecule has 7 nitrogen and oxygen atoms in total. The fraction of sp³-hybridized carbons (Fsp3) is 0.167. The number of carbonyl (C=O) groups excluding carboxylic acids is 1. The molecule has 7 heteroatoms. The Morgan fingerprint density at radius 3 is 2.72 bits per heavy atom. The first-order valence-corrected chi connectivity index (χ1v) is 7.77. The van der Waals surface area contributed by atoms with Crippen molar-refractivity contribution in [2.45, 2.75) is 12.6 Å². The van der Waals surface area contributed by atoms with E-state index in [1.807, 2.05) is 30.3 Å². The summed E-state index contributed by atoms with van der Waals surface area (Å²) < 4.78 is 6.55. The smallest absolute Gasteiger partial charge is 0.273 e. The molecule has 3 rings (SSSR count). The summed E-state index contributed by atoms with van der Waals surface area (Å²) in [5, 5.41) is 16.3. The fourth-order valence-electron chi connectivity index (χ4n) is 2.32. The number of aromatic nitrogens is 2. The third-order valence-corrected chi connectivity index (χ3v) is 3.61. The molecule has 2 aromatic heterocycles. The zero-order valence-corrected chi connectivity index (χ0v) is 13.3. The second-order valence-corrected chi connectivity index (χ2v) is 5.50. The molecule has 2 heterocycles. The monoisotopic (exact) mass is 339 g/mol. The zero-order chi connectivity index (χ0) is 17.6. The minimum atomic E-state index is -0.899. The van der Waals surface area contributed by atoms with Crippen molar-refractivity contribution in [3.63, 3.8) is 0 Å². The molecule has 1 unspecified atom stereocenters. The maximum atomic E-state index is 12.1. The van der Waals surface area contributed by atoms with Crippen LogP contribution in [0.4, 0.5) is 0 Å². The lowest BCUT2D eigenvalue weighted by Crippen LogP contribution is -2.36. The Kier molecular flexibility index (Phi) is 5.06. The Hall–Kier alpha value is -3.19. The minimum absolute atomic E-state index is 0.00625. The molecule has 25 heavy (non-hydrogen) atoms. The summed E-state index contributed by atoms with van der Waals surface area (Å²) in [6, 6.07) is 15.6. The van der Waals surface area contributed by atoms with Crippen molar-refractivity contribution >= 4 is 5.91 Å². The quantitative estimate of drug-likeness (QED) is 0.705. The first kappa shape index (κ1) is 16.7. The summed E-state index contributed by atoms with van der Waals surface area (Å²) in [5.74, 6) is 0.0347. The Labute approximate surface area is 143 Å². The average Bonchev–Trinajstić information content (AvgIpc) is 3.13. The highest BCUT2D eigenvalue weighted by molar-refractivity contribution is 5.93. The highest BCUT2D eigenvalue weighted by atomic mass is 16.5. The van der Waals surface area contributed by atoms with Crippen LogP contribution in [0.15, 0.2) is 70.1 Å². The number of hydrogen-bond donors (Lipinski definition) is 2. The average molecular weight is 339 g/mol. The topological polar surface area (TPSA) is 97.4 Å². The van der Waals surface area contributed by atoms with E-state index in [2.05, 4.69) is 10.5 Å². The summed E-state index contributed by atoms with van der Waals surface area (Å²) in [7, 11) is 0. The van der Waals surface area contributed by atoms with E-state index in [-0.39, 0.29) is 24.3 Å². The third kappa shape index (κ3) is 4.21. The van der Waals surface area contributed by atoms with E-state index in [0.29, 0.717) is 5.76 Å². The zero-order valence-electron chi connectivity index (χ0n) is 13.3. The molecule has 0 aliphatic carbocycles. The maximum Gasteiger partial charge on any atom is 0.273 e.